The molecule has 1 rings (SSSR count). The van der Waals surface area contributed by atoms with E-state index in [9.17, 15) is 0 Å². The van der Waals surface area contributed by atoms with E-state index in [0.717, 1.165) is 25.2 Å². The molecular formula is C12H17N. The van der Waals surface area contributed by atoms with Crippen molar-refractivity contribution >= 4 is 0 Å². The number of benzene rings is 1. The fraction of sp³-hybridized carbons (Fsp3) is 0.417. The summed E-state index contributed by atoms with van der Waals surface area (Å²) >= 11 is 0. The van der Waals surface area contributed by atoms with Crippen LogP contribution in [0.5, 0.6) is 0 Å². The Kier molecular flexibility index (Phi) is 3.97. The summed E-state index contributed by atoms with van der Waals surface area (Å²) in [5.74, 6) is 0. The molecule has 0 saturated carbocycles. The minimum atomic E-state index is 0.898. The first-order chi connectivity index (χ1) is 6.27. The Balaban J connectivity index is 2.67. The molecule has 0 aliphatic rings. The fourth-order valence-corrected chi connectivity index (χ4v) is 1.37. The van der Waals surface area contributed by atoms with Crippen molar-refractivity contribution in [2.24, 2.45) is 0 Å². The standard InChI is InChI=1S/C12H17N/c1-4-13(5-2)10-12-9-7-6-8-11(12)3/h3,6-9H,4-5,10H2,1-2H3. The van der Waals surface area contributed by atoms with Gasteiger partial charge < -0.3 is 0 Å². The molecule has 1 aromatic rings. The Morgan fingerprint density at radius 2 is 1.77 bits per heavy atom. The highest BCUT2D eigenvalue weighted by atomic mass is 15.1. The molecule has 0 saturated heterocycles. The van der Waals surface area contributed by atoms with E-state index in [0.29, 0.717) is 0 Å². The third-order valence-corrected chi connectivity index (χ3v) is 2.34. The highest BCUT2D eigenvalue weighted by Gasteiger charge is 2.02. The van der Waals surface area contributed by atoms with Gasteiger partial charge in [0.1, 0.15) is 0 Å². The van der Waals surface area contributed by atoms with Crippen molar-refractivity contribution in [3.05, 3.63) is 42.3 Å². The maximum Gasteiger partial charge on any atom is 0.0236 e. The Labute approximate surface area is 81.4 Å². The quantitative estimate of drug-likeness (QED) is 0.680. The molecule has 1 heteroatoms. The van der Waals surface area contributed by atoms with Crippen LogP contribution in [0, 0.1) is 6.92 Å². The van der Waals surface area contributed by atoms with Crippen molar-refractivity contribution in [3.63, 3.8) is 0 Å². The van der Waals surface area contributed by atoms with Gasteiger partial charge in [0.25, 0.3) is 0 Å². The molecule has 13 heavy (non-hydrogen) atoms. The SMILES string of the molecule is [CH]c1ccccc1CN(CC)CC. The van der Waals surface area contributed by atoms with E-state index >= 15 is 0 Å². The molecule has 0 spiro atoms. The monoisotopic (exact) mass is 175 g/mol. The molecule has 2 radical (unpaired) electrons. The van der Waals surface area contributed by atoms with Crippen molar-refractivity contribution in [2.75, 3.05) is 13.1 Å². The van der Waals surface area contributed by atoms with Crippen LogP contribution in [-0.4, -0.2) is 18.0 Å². The average molecular weight is 175 g/mol. The van der Waals surface area contributed by atoms with Gasteiger partial charge in [-0.1, -0.05) is 38.1 Å². The second kappa shape index (κ2) is 5.03. The van der Waals surface area contributed by atoms with Gasteiger partial charge in [-0.05, 0) is 31.1 Å². The summed E-state index contributed by atoms with van der Waals surface area (Å²) in [5.41, 5.74) is 2.13. The van der Waals surface area contributed by atoms with Crippen molar-refractivity contribution in [2.45, 2.75) is 20.4 Å². The molecule has 0 aliphatic heterocycles. The number of hydrogen-bond acceptors (Lipinski definition) is 1. The zero-order valence-electron chi connectivity index (χ0n) is 8.46. The average Bonchev–Trinajstić information content (AvgIpc) is 2.17. The molecule has 70 valence electrons. The van der Waals surface area contributed by atoms with Crippen molar-refractivity contribution < 1.29 is 0 Å². The molecule has 0 heterocycles. The third kappa shape index (κ3) is 2.85. The molecule has 0 amide bonds. The summed E-state index contributed by atoms with van der Waals surface area (Å²) in [6, 6.07) is 8.06. The first-order valence-electron chi connectivity index (χ1n) is 4.83. The van der Waals surface area contributed by atoms with E-state index in [4.69, 9.17) is 6.92 Å². The van der Waals surface area contributed by atoms with Crippen LogP contribution in [0.1, 0.15) is 25.0 Å². The Hall–Kier alpha value is -0.820. The van der Waals surface area contributed by atoms with Crippen molar-refractivity contribution in [1.29, 1.82) is 0 Å². The van der Waals surface area contributed by atoms with Gasteiger partial charge in [-0.25, -0.2) is 0 Å². The van der Waals surface area contributed by atoms with Gasteiger partial charge >= 0.3 is 0 Å². The van der Waals surface area contributed by atoms with Gasteiger partial charge in [-0.3, -0.25) is 4.90 Å². The lowest BCUT2D eigenvalue weighted by molar-refractivity contribution is 0.295. The van der Waals surface area contributed by atoms with Crippen LogP contribution in [0.15, 0.2) is 24.3 Å². The van der Waals surface area contributed by atoms with Gasteiger partial charge in [-0.2, -0.15) is 0 Å². The van der Waals surface area contributed by atoms with E-state index in [-0.39, 0.29) is 0 Å². The van der Waals surface area contributed by atoms with E-state index in [1.54, 1.807) is 0 Å². The third-order valence-electron chi connectivity index (χ3n) is 2.34. The summed E-state index contributed by atoms with van der Waals surface area (Å²) in [6.07, 6.45) is 0. The smallest absolute Gasteiger partial charge is 0.0236 e. The molecule has 1 nitrogen and oxygen atoms in total. The first-order valence-corrected chi connectivity index (χ1v) is 4.83. The van der Waals surface area contributed by atoms with Crippen molar-refractivity contribution in [1.82, 2.24) is 4.90 Å². The Morgan fingerprint density at radius 3 is 2.31 bits per heavy atom. The maximum atomic E-state index is 5.85. The van der Waals surface area contributed by atoms with Crippen LogP contribution in [0.2, 0.25) is 0 Å². The minimum absolute atomic E-state index is 0.898. The zero-order chi connectivity index (χ0) is 9.68. The summed E-state index contributed by atoms with van der Waals surface area (Å²) < 4.78 is 0. The topological polar surface area (TPSA) is 3.24 Å². The van der Waals surface area contributed by atoms with Gasteiger partial charge in [0.15, 0.2) is 0 Å². The van der Waals surface area contributed by atoms with Crippen LogP contribution >= 0.6 is 0 Å². The largest absolute Gasteiger partial charge is 0.300 e. The second-order valence-electron chi connectivity index (χ2n) is 3.16. The molecular weight excluding hydrogens is 158 g/mol. The number of nitrogens with zero attached hydrogens (tertiary/aromatic N) is 1. The van der Waals surface area contributed by atoms with Crippen LogP contribution < -0.4 is 0 Å². The molecule has 0 aromatic heterocycles. The van der Waals surface area contributed by atoms with Crippen LogP contribution in [0.4, 0.5) is 0 Å². The Bertz CT molecular complexity index is 251. The van der Waals surface area contributed by atoms with Crippen molar-refractivity contribution in [3.8, 4) is 0 Å². The predicted octanol–water partition coefficient (Wildman–Crippen LogP) is 2.59. The normalized spacial score (nSPS) is 10.8. The molecule has 0 atom stereocenters. The van der Waals surface area contributed by atoms with Crippen LogP contribution in [-0.2, 0) is 6.54 Å². The maximum absolute atomic E-state index is 5.85. The molecule has 0 N–H and O–H groups in total. The number of hydrogen-bond donors (Lipinski definition) is 0. The zero-order valence-corrected chi connectivity index (χ0v) is 8.46. The molecule has 0 aliphatic carbocycles. The van der Waals surface area contributed by atoms with Gasteiger partial charge in [0.2, 0.25) is 0 Å². The van der Waals surface area contributed by atoms with E-state index < -0.39 is 0 Å². The van der Waals surface area contributed by atoms with Gasteiger partial charge in [0.05, 0.1) is 0 Å². The first kappa shape index (κ1) is 10.3. The molecule has 0 bridgehead atoms. The lowest BCUT2D eigenvalue weighted by Crippen LogP contribution is -2.22. The molecule has 0 unspecified atom stereocenters. The summed E-state index contributed by atoms with van der Waals surface area (Å²) in [7, 11) is 0. The highest BCUT2D eigenvalue weighted by molar-refractivity contribution is 5.29. The fourth-order valence-electron chi connectivity index (χ4n) is 1.37. The summed E-state index contributed by atoms with van der Waals surface area (Å²) in [5, 5.41) is 0. The molecule has 1 aromatic carbocycles. The summed E-state index contributed by atoms with van der Waals surface area (Å²) in [6.45, 7) is 13.3. The van der Waals surface area contributed by atoms with E-state index in [1.807, 2.05) is 18.2 Å². The van der Waals surface area contributed by atoms with Crippen LogP contribution in [0.25, 0.3) is 0 Å². The van der Waals surface area contributed by atoms with Crippen LogP contribution in [0.3, 0.4) is 0 Å². The second-order valence-corrected chi connectivity index (χ2v) is 3.16. The highest BCUT2D eigenvalue weighted by Crippen LogP contribution is 2.09. The predicted molar refractivity (Wildman–Crippen MR) is 56.5 cm³/mol. The Morgan fingerprint density at radius 1 is 1.15 bits per heavy atom. The summed E-state index contributed by atoms with van der Waals surface area (Å²) in [4.78, 5) is 2.35. The number of rotatable bonds is 4. The minimum Gasteiger partial charge on any atom is -0.300 e. The molecule has 0 fully saturated rings. The van der Waals surface area contributed by atoms with Gasteiger partial charge in [-0.15, -0.1) is 0 Å². The van der Waals surface area contributed by atoms with E-state index in [2.05, 4.69) is 24.8 Å². The lowest BCUT2D eigenvalue weighted by atomic mass is 10.1. The van der Waals surface area contributed by atoms with E-state index in [1.165, 1.54) is 5.56 Å². The lowest BCUT2D eigenvalue weighted by Gasteiger charge is -2.18. The van der Waals surface area contributed by atoms with Gasteiger partial charge in [0, 0.05) is 6.54 Å².